The zero-order valence-electron chi connectivity index (χ0n) is 19.9. The van der Waals surface area contributed by atoms with Crippen LogP contribution in [-0.2, 0) is 16.0 Å². The normalized spacial score (nSPS) is 15.4. The first kappa shape index (κ1) is 24.6. The smallest absolute Gasteiger partial charge is 0.241 e. The van der Waals surface area contributed by atoms with E-state index in [4.69, 9.17) is 9.47 Å². The van der Waals surface area contributed by atoms with Gasteiger partial charge in [0.25, 0.3) is 0 Å². The Morgan fingerprint density at radius 1 is 1.03 bits per heavy atom. The highest BCUT2D eigenvalue weighted by atomic mass is 16.5. The quantitative estimate of drug-likeness (QED) is 0.628. The monoisotopic (exact) mass is 453 g/mol. The molecule has 0 saturated carbocycles. The number of ether oxygens (including phenoxy) is 2. The summed E-state index contributed by atoms with van der Waals surface area (Å²) in [4.78, 5) is 29.8. The Labute approximate surface area is 196 Å². The second kappa shape index (κ2) is 12.3. The molecule has 178 valence electrons. The van der Waals surface area contributed by atoms with Gasteiger partial charge in [-0.1, -0.05) is 24.3 Å². The van der Waals surface area contributed by atoms with Crippen LogP contribution in [0.2, 0.25) is 0 Å². The minimum atomic E-state index is -0.297. The third kappa shape index (κ3) is 6.96. The summed E-state index contributed by atoms with van der Waals surface area (Å²) in [6.45, 7) is 7.19. The van der Waals surface area contributed by atoms with E-state index in [1.165, 1.54) is 0 Å². The lowest BCUT2D eigenvalue weighted by Crippen LogP contribution is -2.44. The van der Waals surface area contributed by atoms with Gasteiger partial charge < -0.3 is 19.7 Å². The number of para-hydroxylation sites is 2. The summed E-state index contributed by atoms with van der Waals surface area (Å²) in [6, 6.07) is 15.0. The molecule has 2 aromatic carbocycles. The van der Waals surface area contributed by atoms with E-state index in [-0.39, 0.29) is 17.9 Å². The Bertz CT molecular complexity index is 916. The number of carbonyl (C=O) groups is 2. The van der Waals surface area contributed by atoms with Gasteiger partial charge in [-0.05, 0) is 56.5 Å². The van der Waals surface area contributed by atoms with Gasteiger partial charge in [-0.25, -0.2) is 0 Å². The Hall–Kier alpha value is -3.06. The fourth-order valence-corrected chi connectivity index (χ4v) is 4.03. The van der Waals surface area contributed by atoms with Gasteiger partial charge >= 0.3 is 0 Å². The number of amides is 2. The molecule has 2 aromatic rings. The van der Waals surface area contributed by atoms with Crippen LogP contribution in [0, 0.1) is 0 Å². The molecular weight excluding hydrogens is 418 g/mol. The van der Waals surface area contributed by atoms with Crippen molar-refractivity contribution in [1.29, 1.82) is 0 Å². The van der Waals surface area contributed by atoms with Crippen molar-refractivity contribution in [2.45, 2.75) is 39.2 Å². The van der Waals surface area contributed by atoms with Crippen LogP contribution in [0.3, 0.4) is 0 Å². The minimum absolute atomic E-state index is 0.0681. The van der Waals surface area contributed by atoms with Crippen LogP contribution in [-0.4, -0.2) is 67.6 Å². The predicted molar refractivity (Wildman–Crippen MR) is 130 cm³/mol. The summed E-state index contributed by atoms with van der Waals surface area (Å²) >= 11 is 0. The highest BCUT2D eigenvalue weighted by Gasteiger charge is 2.26. The first-order valence-corrected chi connectivity index (χ1v) is 11.7. The van der Waals surface area contributed by atoms with E-state index in [2.05, 4.69) is 10.2 Å². The van der Waals surface area contributed by atoms with Crippen molar-refractivity contribution >= 4 is 17.5 Å². The van der Waals surface area contributed by atoms with Gasteiger partial charge in [0.1, 0.15) is 11.5 Å². The van der Waals surface area contributed by atoms with Crippen molar-refractivity contribution in [2.24, 2.45) is 0 Å². The third-order valence-electron chi connectivity index (χ3n) is 6.04. The molecule has 1 saturated heterocycles. The second-order valence-electron chi connectivity index (χ2n) is 8.21. The van der Waals surface area contributed by atoms with E-state index in [9.17, 15) is 9.59 Å². The van der Waals surface area contributed by atoms with Crippen LogP contribution < -0.4 is 14.8 Å². The van der Waals surface area contributed by atoms with Crippen LogP contribution in [0.25, 0.3) is 0 Å². The summed E-state index contributed by atoms with van der Waals surface area (Å²) < 4.78 is 10.8. The van der Waals surface area contributed by atoms with Crippen LogP contribution in [0.1, 0.15) is 32.3 Å². The van der Waals surface area contributed by atoms with Gasteiger partial charge in [0.15, 0.2) is 0 Å². The highest BCUT2D eigenvalue weighted by molar-refractivity contribution is 5.95. The number of benzene rings is 2. The van der Waals surface area contributed by atoms with Crippen molar-refractivity contribution in [2.75, 3.05) is 45.2 Å². The van der Waals surface area contributed by atoms with E-state index in [1.54, 1.807) is 7.11 Å². The number of aryl methyl sites for hydroxylation is 1. The fourth-order valence-electron chi connectivity index (χ4n) is 4.03. The number of anilines is 1. The summed E-state index contributed by atoms with van der Waals surface area (Å²) in [6.07, 6.45) is 2.04. The number of nitrogens with one attached hydrogen (secondary N) is 1. The number of nitrogens with zero attached hydrogens (tertiary/aromatic N) is 2. The number of rotatable bonds is 9. The Morgan fingerprint density at radius 2 is 1.79 bits per heavy atom. The number of carbonyl (C=O) groups excluding carboxylic acids is 2. The first-order valence-electron chi connectivity index (χ1n) is 11.7. The molecule has 3 rings (SSSR count). The Morgan fingerprint density at radius 3 is 2.52 bits per heavy atom. The lowest BCUT2D eigenvalue weighted by atomic mass is 10.1. The molecule has 0 bridgehead atoms. The molecule has 2 amide bonds. The van der Waals surface area contributed by atoms with Crippen LogP contribution in [0.15, 0.2) is 48.5 Å². The van der Waals surface area contributed by atoms with Gasteiger partial charge in [0.05, 0.1) is 25.4 Å². The van der Waals surface area contributed by atoms with Gasteiger partial charge in [-0.3, -0.25) is 14.5 Å². The Kier molecular flexibility index (Phi) is 9.13. The molecule has 33 heavy (non-hydrogen) atoms. The van der Waals surface area contributed by atoms with Gasteiger partial charge in [0.2, 0.25) is 11.8 Å². The average Bonchev–Trinajstić information content (AvgIpc) is 3.10. The van der Waals surface area contributed by atoms with E-state index in [0.717, 1.165) is 30.8 Å². The molecule has 1 unspecified atom stereocenters. The molecule has 1 N–H and O–H groups in total. The highest BCUT2D eigenvalue weighted by Crippen LogP contribution is 2.24. The molecule has 0 aromatic heterocycles. The maximum absolute atomic E-state index is 12.9. The zero-order chi connectivity index (χ0) is 23.6. The molecular formula is C26H35N3O4. The van der Waals surface area contributed by atoms with Crippen molar-refractivity contribution in [1.82, 2.24) is 9.80 Å². The number of hydrogen-bond acceptors (Lipinski definition) is 5. The predicted octanol–water partition coefficient (Wildman–Crippen LogP) is 3.59. The summed E-state index contributed by atoms with van der Waals surface area (Å²) in [7, 11) is 1.64. The lowest BCUT2D eigenvalue weighted by Gasteiger charge is -2.27. The maximum Gasteiger partial charge on any atom is 0.241 e. The Balaban J connectivity index is 1.50. The van der Waals surface area contributed by atoms with Crippen LogP contribution in [0.4, 0.5) is 5.69 Å². The molecule has 0 aliphatic carbocycles. The molecule has 0 spiro atoms. The largest absolute Gasteiger partial charge is 0.497 e. The van der Waals surface area contributed by atoms with Gasteiger partial charge in [-0.2, -0.15) is 0 Å². The van der Waals surface area contributed by atoms with Crippen LogP contribution in [0.5, 0.6) is 11.5 Å². The fraction of sp³-hybridized carbons (Fsp3) is 0.462. The summed E-state index contributed by atoms with van der Waals surface area (Å²) in [5.74, 6) is 1.58. The zero-order valence-corrected chi connectivity index (χ0v) is 19.9. The lowest BCUT2D eigenvalue weighted by molar-refractivity contribution is -0.131. The van der Waals surface area contributed by atoms with Crippen molar-refractivity contribution in [3.8, 4) is 11.5 Å². The van der Waals surface area contributed by atoms with Crippen LogP contribution >= 0.6 is 0 Å². The van der Waals surface area contributed by atoms with E-state index < -0.39 is 0 Å². The van der Waals surface area contributed by atoms with E-state index in [0.29, 0.717) is 44.0 Å². The summed E-state index contributed by atoms with van der Waals surface area (Å²) in [5, 5.41) is 3.00. The van der Waals surface area contributed by atoms with Crippen molar-refractivity contribution in [3.05, 3.63) is 54.1 Å². The first-order chi connectivity index (χ1) is 16.0. The minimum Gasteiger partial charge on any atom is -0.497 e. The molecule has 1 atom stereocenters. The van der Waals surface area contributed by atoms with Crippen molar-refractivity contribution in [3.63, 3.8) is 0 Å². The molecule has 1 fully saturated rings. The van der Waals surface area contributed by atoms with E-state index >= 15 is 0 Å². The second-order valence-corrected chi connectivity index (χ2v) is 8.21. The number of methoxy groups -OCH3 is 1. The third-order valence-corrected chi connectivity index (χ3v) is 6.04. The molecule has 0 radical (unpaired) electrons. The van der Waals surface area contributed by atoms with Gasteiger partial charge in [-0.15, -0.1) is 0 Å². The van der Waals surface area contributed by atoms with E-state index in [1.807, 2.05) is 67.3 Å². The van der Waals surface area contributed by atoms with Gasteiger partial charge in [0, 0.05) is 32.6 Å². The van der Waals surface area contributed by atoms with Crippen molar-refractivity contribution < 1.29 is 19.1 Å². The summed E-state index contributed by atoms with van der Waals surface area (Å²) in [5.41, 5.74) is 1.81. The average molecular weight is 454 g/mol. The maximum atomic E-state index is 12.9. The molecule has 1 aliphatic rings. The molecule has 1 aliphatic heterocycles. The number of hydrogen-bond donors (Lipinski definition) is 1. The molecule has 7 heteroatoms. The standard InChI is InChI=1S/C26H35N3O4/c1-4-33-24-9-6-5-8-23(24)27-26(31)20(2)28-16-7-17-29(19-18-28)25(30)15-12-21-10-13-22(32-3)14-11-21/h5-6,8-11,13-14,20H,4,7,12,15-19H2,1-3H3,(H,27,31). The SMILES string of the molecule is CCOc1ccccc1NC(=O)C(C)N1CCCN(C(=O)CCc2ccc(OC)cc2)CC1. The molecule has 7 nitrogen and oxygen atoms in total. The topological polar surface area (TPSA) is 71.1 Å². The molecule has 1 heterocycles.